The molecule has 94 valence electrons. The molecule has 2 bridgehead atoms. The summed E-state index contributed by atoms with van der Waals surface area (Å²) < 4.78 is 17.5. The van der Waals surface area contributed by atoms with E-state index in [-0.39, 0.29) is 11.7 Å². The highest BCUT2D eigenvalue weighted by atomic mass is 16.7. The summed E-state index contributed by atoms with van der Waals surface area (Å²) in [6, 6.07) is 0. The van der Waals surface area contributed by atoms with Gasteiger partial charge in [0.25, 0.3) is 0 Å². The molecule has 2 rings (SSSR count). The second-order valence-electron chi connectivity index (χ2n) is 5.32. The number of hydrogen-bond donors (Lipinski definition) is 0. The van der Waals surface area contributed by atoms with Crippen molar-refractivity contribution < 1.29 is 14.2 Å². The lowest BCUT2D eigenvalue weighted by atomic mass is 9.90. The van der Waals surface area contributed by atoms with E-state index in [4.69, 9.17) is 14.2 Å². The van der Waals surface area contributed by atoms with Crippen molar-refractivity contribution in [2.45, 2.75) is 69.9 Å². The van der Waals surface area contributed by atoms with E-state index >= 15 is 0 Å². The zero-order chi connectivity index (χ0) is 11.6. The van der Waals surface area contributed by atoms with E-state index in [2.05, 4.69) is 13.8 Å². The van der Waals surface area contributed by atoms with Crippen LogP contribution in [0.4, 0.5) is 0 Å². The van der Waals surface area contributed by atoms with Gasteiger partial charge in [-0.3, -0.25) is 0 Å². The summed E-state index contributed by atoms with van der Waals surface area (Å²) in [6.07, 6.45) is 7.12. The number of rotatable bonds is 5. The van der Waals surface area contributed by atoms with Gasteiger partial charge in [0.15, 0.2) is 5.79 Å². The fourth-order valence-corrected chi connectivity index (χ4v) is 2.80. The van der Waals surface area contributed by atoms with Gasteiger partial charge in [-0.15, -0.1) is 0 Å². The van der Waals surface area contributed by atoms with Crippen LogP contribution in [0, 0.1) is 0 Å². The molecule has 2 aliphatic heterocycles. The molecule has 0 aliphatic carbocycles. The van der Waals surface area contributed by atoms with E-state index < -0.39 is 5.79 Å². The molecule has 2 fully saturated rings. The lowest BCUT2D eigenvalue weighted by Crippen LogP contribution is -2.53. The number of fused-ring (bicyclic) bond motifs is 2. The van der Waals surface area contributed by atoms with Crippen molar-refractivity contribution in [1.29, 1.82) is 0 Å². The first-order valence-electron chi connectivity index (χ1n) is 6.51. The van der Waals surface area contributed by atoms with Crippen LogP contribution >= 0.6 is 0 Å². The van der Waals surface area contributed by atoms with Gasteiger partial charge in [0.2, 0.25) is 0 Å². The van der Waals surface area contributed by atoms with E-state index in [9.17, 15) is 0 Å². The van der Waals surface area contributed by atoms with Crippen LogP contribution in [0.1, 0.15) is 52.4 Å². The Hall–Kier alpha value is -0.120. The molecule has 16 heavy (non-hydrogen) atoms. The SMILES string of the molecule is CCCCCC1(C)OCC2(OC)CCC1O2. The van der Waals surface area contributed by atoms with E-state index in [0.717, 1.165) is 19.3 Å². The van der Waals surface area contributed by atoms with E-state index in [1.807, 2.05) is 0 Å². The van der Waals surface area contributed by atoms with Crippen molar-refractivity contribution >= 4 is 0 Å². The Balaban J connectivity index is 1.93. The molecule has 0 aromatic rings. The van der Waals surface area contributed by atoms with Gasteiger partial charge >= 0.3 is 0 Å². The zero-order valence-electron chi connectivity index (χ0n) is 10.8. The highest BCUT2D eigenvalue weighted by Crippen LogP contribution is 2.44. The standard InChI is InChI=1S/C13H24O3/c1-4-5-6-8-12(2)11-7-9-13(14-3,16-11)10-15-12/h11H,4-10H2,1-3H3. The summed E-state index contributed by atoms with van der Waals surface area (Å²) in [5, 5.41) is 0. The van der Waals surface area contributed by atoms with Crippen molar-refractivity contribution in [3.8, 4) is 0 Å². The van der Waals surface area contributed by atoms with E-state index in [1.165, 1.54) is 19.3 Å². The zero-order valence-corrected chi connectivity index (χ0v) is 10.8. The molecule has 0 amide bonds. The third-order valence-electron chi connectivity index (χ3n) is 4.10. The van der Waals surface area contributed by atoms with Gasteiger partial charge < -0.3 is 14.2 Å². The predicted molar refractivity (Wildman–Crippen MR) is 62.3 cm³/mol. The smallest absolute Gasteiger partial charge is 0.192 e. The molecular weight excluding hydrogens is 204 g/mol. The second kappa shape index (κ2) is 4.63. The summed E-state index contributed by atoms with van der Waals surface area (Å²) in [5.41, 5.74) is -0.0896. The first kappa shape index (κ1) is 12.3. The van der Waals surface area contributed by atoms with E-state index in [1.54, 1.807) is 7.11 Å². The Morgan fingerprint density at radius 2 is 2.19 bits per heavy atom. The molecule has 0 N–H and O–H groups in total. The summed E-state index contributed by atoms with van der Waals surface area (Å²) in [5.74, 6) is -0.436. The normalized spacial score (nSPS) is 42.6. The van der Waals surface area contributed by atoms with Crippen molar-refractivity contribution in [2.75, 3.05) is 13.7 Å². The Morgan fingerprint density at radius 1 is 1.38 bits per heavy atom. The molecule has 0 aromatic carbocycles. The Labute approximate surface area is 98.4 Å². The monoisotopic (exact) mass is 228 g/mol. The fourth-order valence-electron chi connectivity index (χ4n) is 2.80. The Morgan fingerprint density at radius 3 is 2.88 bits per heavy atom. The van der Waals surface area contributed by atoms with Gasteiger partial charge in [0.05, 0.1) is 11.7 Å². The van der Waals surface area contributed by atoms with E-state index in [0.29, 0.717) is 6.61 Å². The second-order valence-corrected chi connectivity index (χ2v) is 5.32. The topological polar surface area (TPSA) is 27.7 Å². The maximum Gasteiger partial charge on any atom is 0.192 e. The third-order valence-corrected chi connectivity index (χ3v) is 4.10. The quantitative estimate of drug-likeness (QED) is 0.677. The number of unbranched alkanes of at least 4 members (excludes halogenated alkanes) is 2. The molecule has 2 saturated heterocycles. The summed E-state index contributed by atoms with van der Waals surface area (Å²) in [4.78, 5) is 0. The Kier molecular flexibility index (Phi) is 3.57. The lowest BCUT2D eigenvalue weighted by molar-refractivity contribution is -0.320. The van der Waals surface area contributed by atoms with Crippen LogP contribution in [0.5, 0.6) is 0 Å². The molecule has 3 unspecified atom stereocenters. The van der Waals surface area contributed by atoms with Crippen LogP contribution in [0.15, 0.2) is 0 Å². The van der Waals surface area contributed by atoms with Gasteiger partial charge in [-0.25, -0.2) is 0 Å². The van der Waals surface area contributed by atoms with Crippen LogP contribution in [-0.2, 0) is 14.2 Å². The molecule has 0 saturated carbocycles. The van der Waals surface area contributed by atoms with Crippen molar-refractivity contribution in [2.24, 2.45) is 0 Å². The lowest BCUT2D eigenvalue weighted by Gasteiger charge is -2.43. The van der Waals surface area contributed by atoms with Crippen molar-refractivity contribution in [1.82, 2.24) is 0 Å². The first-order chi connectivity index (χ1) is 7.64. The maximum atomic E-state index is 6.04. The highest BCUT2D eigenvalue weighted by Gasteiger charge is 2.53. The van der Waals surface area contributed by atoms with Crippen LogP contribution in [0.2, 0.25) is 0 Å². The first-order valence-corrected chi connectivity index (χ1v) is 6.51. The fraction of sp³-hybridized carbons (Fsp3) is 1.00. The van der Waals surface area contributed by atoms with Gasteiger partial charge in [-0.1, -0.05) is 26.2 Å². The van der Waals surface area contributed by atoms with Crippen LogP contribution in [0.3, 0.4) is 0 Å². The minimum Gasteiger partial charge on any atom is -0.367 e. The largest absolute Gasteiger partial charge is 0.367 e. The molecular formula is C13H24O3. The number of hydrogen-bond acceptors (Lipinski definition) is 3. The number of methoxy groups -OCH3 is 1. The van der Waals surface area contributed by atoms with Gasteiger partial charge in [-0.2, -0.15) is 0 Å². The minimum absolute atomic E-state index is 0.0896. The third kappa shape index (κ3) is 2.13. The Bertz CT molecular complexity index is 243. The van der Waals surface area contributed by atoms with Crippen LogP contribution in [0.25, 0.3) is 0 Å². The van der Waals surface area contributed by atoms with Gasteiger partial charge in [-0.05, 0) is 19.8 Å². The maximum absolute atomic E-state index is 6.04. The molecule has 0 radical (unpaired) electrons. The average Bonchev–Trinajstić information content (AvgIpc) is 2.68. The molecule has 3 atom stereocenters. The minimum atomic E-state index is -0.436. The number of ether oxygens (including phenoxy) is 3. The highest BCUT2D eigenvalue weighted by molar-refractivity contribution is 4.97. The molecule has 2 aliphatic rings. The van der Waals surface area contributed by atoms with Crippen LogP contribution < -0.4 is 0 Å². The van der Waals surface area contributed by atoms with Crippen LogP contribution in [-0.4, -0.2) is 31.2 Å². The summed E-state index contributed by atoms with van der Waals surface area (Å²) in [7, 11) is 1.71. The van der Waals surface area contributed by atoms with Crippen molar-refractivity contribution in [3.05, 3.63) is 0 Å². The van der Waals surface area contributed by atoms with Crippen molar-refractivity contribution in [3.63, 3.8) is 0 Å². The molecule has 3 heteroatoms. The molecule has 0 spiro atoms. The molecule has 0 aromatic heterocycles. The summed E-state index contributed by atoms with van der Waals surface area (Å²) in [6.45, 7) is 5.01. The summed E-state index contributed by atoms with van der Waals surface area (Å²) >= 11 is 0. The van der Waals surface area contributed by atoms with Gasteiger partial charge in [0, 0.05) is 13.5 Å². The average molecular weight is 228 g/mol. The molecule has 2 heterocycles. The predicted octanol–water partition coefficient (Wildman–Crippen LogP) is 2.88. The molecule has 3 nitrogen and oxygen atoms in total. The van der Waals surface area contributed by atoms with Gasteiger partial charge in [0.1, 0.15) is 6.61 Å².